The van der Waals surface area contributed by atoms with Crippen LogP contribution in [0.3, 0.4) is 0 Å². The molecule has 5 rings (SSSR count). The number of para-hydroxylation sites is 1. The van der Waals surface area contributed by atoms with Crippen LogP contribution in [0.5, 0.6) is 0 Å². The molecule has 7 heteroatoms. The Hall–Kier alpha value is -3.29. The summed E-state index contributed by atoms with van der Waals surface area (Å²) >= 11 is 1.44. The van der Waals surface area contributed by atoms with Gasteiger partial charge in [0.25, 0.3) is 0 Å². The van der Waals surface area contributed by atoms with Gasteiger partial charge >= 0.3 is 5.97 Å². The van der Waals surface area contributed by atoms with Crippen LogP contribution >= 0.6 is 11.3 Å². The molecule has 156 valence electrons. The molecule has 2 saturated heterocycles. The fraction of sp³-hybridized carbons (Fsp3) is 0.208. The Bertz CT molecular complexity index is 1180. The third-order valence-electron chi connectivity index (χ3n) is 6.33. The van der Waals surface area contributed by atoms with Gasteiger partial charge in [-0.3, -0.25) is 14.9 Å². The molecule has 4 unspecified atom stereocenters. The molecule has 3 heterocycles. The lowest BCUT2D eigenvalue weighted by Gasteiger charge is -2.31. The predicted octanol–water partition coefficient (Wildman–Crippen LogP) is 3.49. The van der Waals surface area contributed by atoms with Crippen LogP contribution in [-0.2, 0) is 19.9 Å². The Kier molecular flexibility index (Phi) is 4.53. The first-order valence-electron chi connectivity index (χ1n) is 10.0. The number of carboxylic acid groups (broad SMARTS) is 1. The summed E-state index contributed by atoms with van der Waals surface area (Å²) < 4.78 is 0. The fourth-order valence-electron chi connectivity index (χ4n) is 4.96. The van der Waals surface area contributed by atoms with Crippen molar-refractivity contribution >= 4 is 34.8 Å². The highest BCUT2D eigenvalue weighted by Gasteiger charge is 2.69. The molecule has 2 aliphatic heterocycles. The number of imide groups is 1. The third-order valence-corrected chi connectivity index (χ3v) is 7.29. The van der Waals surface area contributed by atoms with E-state index in [1.54, 1.807) is 42.5 Å². The topological polar surface area (TPSA) is 86.7 Å². The minimum Gasteiger partial charge on any atom is -0.480 e. The molecular weight excluding hydrogens is 412 g/mol. The second-order valence-electron chi connectivity index (χ2n) is 7.92. The number of anilines is 1. The van der Waals surface area contributed by atoms with Gasteiger partial charge in [-0.15, -0.1) is 11.3 Å². The lowest BCUT2D eigenvalue weighted by atomic mass is 9.76. The van der Waals surface area contributed by atoms with E-state index in [2.05, 4.69) is 5.32 Å². The Labute approximate surface area is 183 Å². The monoisotopic (exact) mass is 432 g/mol. The summed E-state index contributed by atoms with van der Waals surface area (Å²) in [5, 5.41) is 15.6. The highest BCUT2D eigenvalue weighted by Crippen LogP contribution is 2.54. The van der Waals surface area contributed by atoms with E-state index < -0.39 is 35.3 Å². The first-order chi connectivity index (χ1) is 15.0. The number of aliphatic carboxylic acids is 1. The molecular formula is C24H20N2O4S. The molecule has 0 saturated carbocycles. The SMILES string of the molecule is Cc1ccccc1N1C(=O)C2C(c3cccs3)NC(C(=O)O)(c3ccccc3)C2C1=O. The largest absolute Gasteiger partial charge is 0.480 e. The highest BCUT2D eigenvalue weighted by atomic mass is 32.1. The number of hydrogen-bond acceptors (Lipinski definition) is 5. The van der Waals surface area contributed by atoms with Crippen LogP contribution < -0.4 is 10.2 Å². The molecule has 0 spiro atoms. The number of thiophene rings is 1. The first kappa shape index (κ1) is 19.7. The average Bonchev–Trinajstić information content (AvgIpc) is 3.47. The van der Waals surface area contributed by atoms with Crippen molar-refractivity contribution in [1.82, 2.24) is 5.32 Å². The van der Waals surface area contributed by atoms with Crippen LogP contribution in [0.15, 0.2) is 72.1 Å². The summed E-state index contributed by atoms with van der Waals surface area (Å²) in [4.78, 5) is 42.3. The molecule has 0 radical (unpaired) electrons. The van der Waals surface area contributed by atoms with Gasteiger partial charge in [-0.25, -0.2) is 9.69 Å². The van der Waals surface area contributed by atoms with Crippen LogP contribution in [0.4, 0.5) is 5.69 Å². The number of fused-ring (bicyclic) bond motifs is 1. The van der Waals surface area contributed by atoms with Crippen LogP contribution in [0.25, 0.3) is 0 Å². The molecule has 2 N–H and O–H groups in total. The van der Waals surface area contributed by atoms with Crippen molar-refractivity contribution in [2.24, 2.45) is 11.8 Å². The van der Waals surface area contributed by atoms with Gasteiger partial charge in [0.05, 0.1) is 23.6 Å². The van der Waals surface area contributed by atoms with E-state index in [-0.39, 0.29) is 5.91 Å². The summed E-state index contributed by atoms with van der Waals surface area (Å²) in [6, 6.07) is 19.0. The van der Waals surface area contributed by atoms with Crippen LogP contribution in [0, 0.1) is 18.8 Å². The smallest absolute Gasteiger partial charge is 0.329 e. The van der Waals surface area contributed by atoms with Gasteiger partial charge in [-0.2, -0.15) is 0 Å². The van der Waals surface area contributed by atoms with Crippen molar-refractivity contribution in [3.8, 4) is 0 Å². The Morgan fingerprint density at radius 3 is 2.35 bits per heavy atom. The van der Waals surface area contributed by atoms with Gasteiger partial charge in [0.1, 0.15) is 0 Å². The minimum absolute atomic E-state index is 0.366. The molecule has 6 nitrogen and oxygen atoms in total. The van der Waals surface area contributed by atoms with Crippen molar-refractivity contribution in [3.05, 3.63) is 88.1 Å². The number of carbonyl (C=O) groups is 3. The molecule has 3 aromatic rings. The summed E-state index contributed by atoms with van der Waals surface area (Å²) in [6.07, 6.45) is 0. The summed E-state index contributed by atoms with van der Waals surface area (Å²) in [7, 11) is 0. The summed E-state index contributed by atoms with van der Waals surface area (Å²) in [6.45, 7) is 1.83. The molecule has 1 aromatic heterocycles. The lowest BCUT2D eigenvalue weighted by molar-refractivity contribution is -0.149. The van der Waals surface area contributed by atoms with Gasteiger partial charge < -0.3 is 5.11 Å². The van der Waals surface area contributed by atoms with Gasteiger partial charge in [-0.1, -0.05) is 54.6 Å². The normalized spacial score (nSPS) is 27.5. The summed E-state index contributed by atoms with van der Waals surface area (Å²) in [5.74, 6) is -3.90. The maximum atomic E-state index is 13.8. The van der Waals surface area contributed by atoms with Crippen molar-refractivity contribution in [2.75, 3.05) is 4.90 Å². The molecule has 2 aromatic carbocycles. The van der Waals surface area contributed by atoms with Crippen LogP contribution in [-0.4, -0.2) is 22.9 Å². The molecule has 2 fully saturated rings. The van der Waals surface area contributed by atoms with Gasteiger partial charge in [0, 0.05) is 4.88 Å². The first-order valence-corrected chi connectivity index (χ1v) is 10.9. The van der Waals surface area contributed by atoms with Gasteiger partial charge in [0.2, 0.25) is 11.8 Å². The average molecular weight is 433 g/mol. The molecule has 2 amide bonds. The van der Waals surface area contributed by atoms with E-state index in [1.165, 1.54) is 16.2 Å². The van der Waals surface area contributed by atoms with E-state index in [4.69, 9.17) is 0 Å². The Morgan fingerprint density at radius 2 is 1.71 bits per heavy atom. The quantitative estimate of drug-likeness (QED) is 0.617. The second-order valence-corrected chi connectivity index (χ2v) is 8.90. The number of rotatable bonds is 4. The summed E-state index contributed by atoms with van der Waals surface area (Å²) in [5.41, 5.74) is 0.0454. The maximum absolute atomic E-state index is 13.8. The number of hydrogen-bond donors (Lipinski definition) is 2. The van der Waals surface area contributed by atoms with E-state index in [0.717, 1.165) is 10.4 Å². The number of carbonyl (C=O) groups excluding carboxylic acids is 2. The minimum atomic E-state index is -1.70. The number of nitrogens with one attached hydrogen (secondary N) is 1. The van der Waals surface area contributed by atoms with E-state index >= 15 is 0 Å². The zero-order valence-corrected chi connectivity index (χ0v) is 17.5. The number of benzene rings is 2. The number of carboxylic acids is 1. The zero-order chi connectivity index (χ0) is 21.8. The van der Waals surface area contributed by atoms with E-state index in [1.807, 2.05) is 36.6 Å². The van der Waals surface area contributed by atoms with Gasteiger partial charge in [0.15, 0.2) is 5.54 Å². The number of aryl methyl sites for hydroxylation is 1. The Balaban J connectivity index is 1.73. The van der Waals surface area contributed by atoms with E-state index in [9.17, 15) is 19.5 Å². The van der Waals surface area contributed by atoms with Gasteiger partial charge in [-0.05, 0) is 35.6 Å². The Morgan fingerprint density at radius 1 is 1.00 bits per heavy atom. The molecule has 2 aliphatic rings. The third kappa shape index (κ3) is 2.70. The highest BCUT2D eigenvalue weighted by molar-refractivity contribution is 7.10. The van der Waals surface area contributed by atoms with Crippen LogP contribution in [0.1, 0.15) is 22.0 Å². The van der Waals surface area contributed by atoms with Crippen molar-refractivity contribution in [3.63, 3.8) is 0 Å². The zero-order valence-electron chi connectivity index (χ0n) is 16.7. The molecule has 4 atom stereocenters. The van der Waals surface area contributed by atoms with Crippen molar-refractivity contribution in [2.45, 2.75) is 18.5 Å². The van der Waals surface area contributed by atoms with E-state index in [0.29, 0.717) is 11.3 Å². The molecule has 31 heavy (non-hydrogen) atoms. The molecule has 0 aliphatic carbocycles. The molecule has 0 bridgehead atoms. The standard InChI is InChI=1S/C24H20N2O4S/c1-14-8-5-6-11-16(14)26-21(27)18-19(22(26)28)24(23(29)30,15-9-3-2-4-10-15)25-20(18)17-12-7-13-31-17/h2-13,18-20,25H,1H3,(H,29,30). The van der Waals surface area contributed by atoms with Crippen molar-refractivity contribution < 1.29 is 19.5 Å². The maximum Gasteiger partial charge on any atom is 0.329 e. The second kappa shape index (κ2) is 7.14. The number of amides is 2. The number of nitrogens with zero attached hydrogens (tertiary/aromatic N) is 1. The lowest BCUT2D eigenvalue weighted by Crippen LogP contribution is -2.53. The van der Waals surface area contributed by atoms with Crippen LogP contribution in [0.2, 0.25) is 0 Å². The van der Waals surface area contributed by atoms with Crippen molar-refractivity contribution in [1.29, 1.82) is 0 Å². The fourth-order valence-corrected chi connectivity index (χ4v) is 5.78. The predicted molar refractivity (Wildman–Crippen MR) is 117 cm³/mol.